The van der Waals surface area contributed by atoms with Crippen molar-refractivity contribution >= 4 is 22.7 Å². The Bertz CT molecular complexity index is 682. The maximum absolute atomic E-state index is 12.5. The highest BCUT2D eigenvalue weighted by Gasteiger charge is 2.70. The molecule has 1 heterocycles. The van der Waals surface area contributed by atoms with Gasteiger partial charge in [0.2, 0.25) is 0 Å². The molecule has 3 fully saturated rings. The zero-order chi connectivity index (χ0) is 19.3. The molecule has 0 aromatic heterocycles. The van der Waals surface area contributed by atoms with Crippen LogP contribution in [0.5, 0.6) is 0 Å². The van der Waals surface area contributed by atoms with Crippen LogP contribution in [0.1, 0.15) is 33.1 Å². The van der Waals surface area contributed by atoms with E-state index in [1.54, 1.807) is 0 Å². The molecule has 1 unspecified atom stereocenters. The van der Waals surface area contributed by atoms with Crippen LogP contribution < -0.4 is 0 Å². The molecule has 26 heavy (non-hydrogen) atoms. The van der Waals surface area contributed by atoms with Crippen molar-refractivity contribution in [3.63, 3.8) is 0 Å². The lowest BCUT2D eigenvalue weighted by Gasteiger charge is -2.46. The van der Waals surface area contributed by atoms with Gasteiger partial charge in [0.1, 0.15) is 18.1 Å². The third-order valence-electron chi connectivity index (χ3n) is 6.71. The third kappa shape index (κ3) is 2.76. The maximum atomic E-state index is 12.5. The number of carbonyl (C=O) groups is 2. The van der Waals surface area contributed by atoms with E-state index in [0.717, 1.165) is 12.5 Å². The highest BCUT2D eigenvalue weighted by molar-refractivity contribution is 7.87. The molecule has 6 nitrogen and oxygen atoms in total. The van der Waals surface area contributed by atoms with Crippen LogP contribution in [0.3, 0.4) is 0 Å². The van der Waals surface area contributed by atoms with Gasteiger partial charge in [0.25, 0.3) is 0 Å². The fraction of sp³-hybridized carbons (Fsp3) is 0.684. The molecule has 7 heteroatoms. The third-order valence-corrected chi connectivity index (χ3v) is 7.23. The van der Waals surface area contributed by atoms with Crippen LogP contribution in [-0.4, -0.2) is 46.3 Å². The van der Waals surface area contributed by atoms with Gasteiger partial charge in [0.15, 0.2) is 0 Å². The molecule has 2 aliphatic carbocycles. The van der Waals surface area contributed by atoms with Crippen molar-refractivity contribution in [3.8, 4) is 0 Å². The van der Waals surface area contributed by atoms with E-state index < -0.39 is 40.4 Å². The van der Waals surface area contributed by atoms with Crippen molar-refractivity contribution in [1.29, 1.82) is 0 Å². The first-order valence-electron chi connectivity index (χ1n) is 8.87. The first-order valence-corrected chi connectivity index (χ1v) is 10.5. The fourth-order valence-corrected chi connectivity index (χ4v) is 5.40. The SMILES string of the molecule is C=C1COC(=O)[C@]12C[C@@]1(C)[C@H]([C@@H](OC(=O)/C=C\S(C)=O)CC[C@@H]1C)[C@H]2O. The molecule has 1 saturated heterocycles. The van der Waals surface area contributed by atoms with Gasteiger partial charge in [-0.05, 0) is 36.2 Å². The van der Waals surface area contributed by atoms with E-state index in [-0.39, 0.29) is 23.9 Å². The van der Waals surface area contributed by atoms with Gasteiger partial charge in [-0.3, -0.25) is 9.00 Å². The van der Waals surface area contributed by atoms with Gasteiger partial charge >= 0.3 is 11.9 Å². The molecule has 0 bridgehead atoms. The topological polar surface area (TPSA) is 89.9 Å². The van der Waals surface area contributed by atoms with Gasteiger partial charge in [0.05, 0.1) is 6.10 Å². The van der Waals surface area contributed by atoms with Crippen LogP contribution in [0.15, 0.2) is 23.6 Å². The molecule has 3 rings (SSSR count). The molecule has 7 atom stereocenters. The summed E-state index contributed by atoms with van der Waals surface area (Å²) in [6, 6.07) is 0. The number of aliphatic hydroxyl groups excluding tert-OH is 1. The number of cyclic esters (lactones) is 1. The summed E-state index contributed by atoms with van der Waals surface area (Å²) in [6.45, 7) is 8.27. The van der Waals surface area contributed by atoms with Crippen molar-refractivity contribution in [3.05, 3.63) is 23.6 Å². The Morgan fingerprint density at radius 2 is 2.15 bits per heavy atom. The predicted octanol–water partition coefficient (Wildman–Crippen LogP) is 1.71. The van der Waals surface area contributed by atoms with Gasteiger partial charge in [-0.25, -0.2) is 4.79 Å². The molecule has 1 N–H and O–H groups in total. The number of ether oxygens (including phenoxy) is 2. The Morgan fingerprint density at radius 3 is 2.73 bits per heavy atom. The Morgan fingerprint density at radius 1 is 1.46 bits per heavy atom. The minimum Gasteiger partial charge on any atom is -0.460 e. The summed E-state index contributed by atoms with van der Waals surface area (Å²) < 4.78 is 21.9. The average molecular weight is 382 g/mol. The Hall–Kier alpha value is -1.47. The number of aliphatic hydroxyl groups is 1. The number of hydrogen-bond acceptors (Lipinski definition) is 6. The monoisotopic (exact) mass is 382 g/mol. The van der Waals surface area contributed by atoms with Crippen molar-refractivity contribution in [2.75, 3.05) is 12.9 Å². The fourth-order valence-electron chi connectivity index (χ4n) is 5.10. The molecule has 0 aromatic rings. The summed E-state index contributed by atoms with van der Waals surface area (Å²) in [5.41, 5.74) is -0.875. The lowest BCUT2D eigenvalue weighted by molar-refractivity contribution is -0.160. The molecule has 144 valence electrons. The first-order chi connectivity index (χ1) is 12.1. The first kappa shape index (κ1) is 19.3. The summed E-state index contributed by atoms with van der Waals surface area (Å²) >= 11 is 0. The van der Waals surface area contributed by atoms with E-state index >= 15 is 0 Å². The molecule has 1 aliphatic heterocycles. The lowest BCUT2D eigenvalue weighted by atomic mass is 9.61. The molecule has 0 aromatic carbocycles. The van der Waals surface area contributed by atoms with Crippen LogP contribution in [0.2, 0.25) is 0 Å². The van der Waals surface area contributed by atoms with Crippen LogP contribution in [0.4, 0.5) is 0 Å². The minimum atomic E-state index is -1.24. The second kappa shape index (κ2) is 6.60. The number of carbonyl (C=O) groups excluding carboxylic acids is 2. The van der Waals surface area contributed by atoms with Crippen molar-refractivity contribution in [1.82, 2.24) is 0 Å². The van der Waals surface area contributed by atoms with E-state index in [0.29, 0.717) is 18.4 Å². The summed E-state index contributed by atoms with van der Waals surface area (Å²) in [5.74, 6) is -1.12. The van der Waals surface area contributed by atoms with Crippen LogP contribution >= 0.6 is 0 Å². The Kier molecular flexibility index (Phi) is 4.90. The lowest BCUT2D eigenvalue weighted by Crippen LogP contribution is -2.48. The van der Waals surface area contributed by atoms with E-state index in [1.807, 2.05) is 0 Å². The molecule has 1 spiro atoms. The molecular weight excluding hydrogens is 356 g/mol. The molecule has 3 aliphatic rings. The van der Waals surface area contributed by atoms with Crippen LogP contribution in [-0.2, 0) is 29.9 Å². The number of rotatable bonds is 3. The standard InChI is InChI=1S/C19H26O6S/c1-11-5-6-13(25-14(20)7-8-26(4)23)15-16(21)19(10-18(11,15)3)12(2)9-24-17(19)22/h7-8,11,13,15-16,21H,2,5-6,9-10H2,1,3-4H3/b8-7-/t11-,13-,15+,16+,18+,19+,26?/m0/s1. The number of hydrogen-bond donors (Lipinski definition) is 1. The van der Waals surface area contributed by atoms with E-state index in [1.165, 1.54) is 11.7 Å². The summed E-state index contributed by atoms with van der Waals surface area (Å²) in [5, 5.41) is 12.5. The summed E-state index contributed by atoms with van der Waals surface area (Å²) in [7, 11) is -1.24. The quantitative estimate of drug-likeness (QED) is 0.454. The highest BCUT2D eigenvalue weighted by atomic mass is 32.2. The van der Waals surface area contributed by atoms with Crippen molar-refractivity contribution in [2.24, 2.45) is 22.7 Å². The zero-order valence-corrected chi connectivity index (χ0v) is 16.2. The average Bonchev–Trinajstić information content (AvgIpc) is 2.99. The van der Waals surface area contributed by atoms with E-state index in [4.69, 9.17) is 9.47 Å². The van der Waals surface area contributed by atoms with Gasteiger partial charge in [-0.2, -0.15) is 0 Å². The van der Waals surface area contributed by atoms with Crippen LogP contribution in [0.25, 0.3) is 0 Å². The van der Waals surface area contributed by atoms with Crippen LogP contribution in [0, 0.1) is 22.7 Å². The molecular formula is C19H26O6S. The van der Waals surface area contributed by atoms with Gasteiger partial charge < -0.3 is 14.6 Å². The number of esters is 2. The van der Waals surface area contributed by atoms with E-state index in [2.05, 4.69) is 20.4 Å². The van der Waals surface area contributed by atoms with E-state index in [9.17, 15) is 18.9 Å². The Labute approximate surface area is 156 Å². The molecule has 0 amide bonds. The smallest absolute Gasteiger partial charge is 0.331 e. The van der Waals surface area contributed by atoms with Crippen molar-refractivity contribution in [2.45, 2.75) is 45.3 Å². The van der Waals surface area contributed by atoms with Gasteiger partial charge in [-0.1, -0.05) is 20.4 Å². The van der Waals surface area contributed by atoms with Crippen molar-refractivity contribution < 1.29 is 28.4 Å². The zero-order valence-electron chi connectivity index (χ0n) is 15.4. The molecule has 0 radical (unpaired) electrons. The summed E-state index contributed by atoms with van der Waals surface area (Å²) in [6.07, 6.45) is 3.02. The maximum Gasteiger partial charge on any atom is 0.331 e. The summed E-state index contributed by atoms with van der Waals surface area (Å²) in [4.78, 5) is 24.6. The van der Waals surface area contributed by atoms with Gasteiger partial charge in [-0.15, -0.1) is 0 Å². The Balaban J connectivity index is 1.92. The normalized spacial score (nSPS) is 43.5. The second-order valence-electron chi connectivity index (χ2n) is 8.06. The minimum absolute atomic E-state index is 0.128. The largest absolute Gasteiger partial charge is 0.460 e. The second-order valence-corrected chi connectivity index (χ2v) is 9.33. The number of fused-ring (bicyclic) bond motifs is 1. The van der Waals surface area contributed by atoms with Gasteiger partial charge in [0, 0.05) is 34.5 Å². The molecule has 2 saturated carbocycles. The predicted molar refractivity (Wildman–Crippen MR) is 96.2 cm³/mol. The highest BCUT2D eigenvalue weighted by Crippen LogP contribution is 2.65.